The molecule has 0 saturated carbocycles. The van der Waals surface area contributed by atoms with E-state index in [0.717, 1.165) is 89.4 Å². The Bertz CT molecular complexity index is 7220. The number of imidazole rings is 2. The lowest BCUT2D eigenvalue weighted by Gasteiger charge is -2.19. The van der Waals surface area contributed by atoms with Gasteiger partial charge in [-0.2, -0.15) is 0 Å². The van der Waals surface area contributed by atoms with Gasteiger partial charge in [0.05, 0.1) is 88.6 Å². The fourth-order valence-electron chi connectivity index (χ4n) is 16.5. The van der Waals surface area contributed by atoms with E-state index in [-0.39, 0.29) is 46.7 Å². The summed E-state index contributed by atoms with van der Waals surface area (Å²) in [5.74, 6) is -2.07. The number of carbonyl (C=O) groups is 4. The number of aromatic carboxylic acids is 4. The van der Waals surface area contributed by atoms with Gasteiger partial charge in [-0.15, -0.1) is 0 Å². The highest BCUT2D eigenvalue weighted by atomic mass is 16.5. The number of nitrogens with zero attached hydrogens (tertiary/aromatic N) is 10. The van der Waals surface area contributed by atoms with Crippen molar-refractivity contribution >= 4 is 89.8 Å². The lowest BCUT2D eigenvalue weighted by molar-refractivity contribution is 0.0688. The predicted molar refractivity (Wildman–Crippen MR) is 506 cm³/mol. The van der Waals surface area contributed by atoms with Crippen molar-refractivity contribution in [3.8, 4) is 68.3 Å². The number of hydrogen-bond donors (Lipinski definition) is 4. The number of benzene rings is 8. The summed E-state index contributed by atoms with van der Waals surface area (Å²) in [5.41, 5.74) is 21.7. The van der Waals surface area contributed by atoms with Crippen molar-refractivity contribution in [1.29, 1.82) is 0 Å². The summed E-state index contributed by atoms with van der Waals surface area (Å²) < 4.78 is 32.9. The molecule has 20 rings (SSSR count). The zero-order valence-corrected chi connectivity index (χ0v) is 72.9. The second-order valence-electron chi connectivity index (χ2n) is 32.0. The molecule has 0 amide bonds. The minimum atomic E-state index is -1.04. The first kappa shape index (κ1) is 85.5. The molecule has 0 fully saturated rings. The molecule has 644 valence electrons. The minimum absolute atomic E-state index is 0.140. The van der Waals surface area contributed by atoms with Gasteiger partial charge < -0.3 is 57.0 Å². The van der Waals surface area contributed by atoms with Crippen LogP contribution in [-0.4, -0.2) is 91.8 Å². The number of carboxylic acid groups (broad SMARTS) is 4. The molecule has 8 aromatic carbocycles. The first-order valence-electron chi connectivity index (χ1n) is 42.5. The maximum atomic E-state index is 12.4. The Kier molecular flexibility index (Phi) is 24.0. The van der Waals surface area contributed by atoms with Gasteiger partial charge in [-0.25, -0.2) is 49.1 Å². The number of aryl methyl sites for hydroxylation is 6. The van der Waals surface area contributed by atoms with Gasteiger partial charge >= 0.3 is 23.9 Å². The van der Waals surface area contributed by atoms with Gasteiger partial charge in [0.1, 0.15) is 70.1 Å². The predicted octanol–water partition coefficient (Wildman–Crippen LogP) is 24.6. The van der Waals surface area contributed by atoms with Crippen LogP contribution in [0, 0.1) is 41.5 Å². The Morgan fingerprint density at radius 2 is 0.531 bits per heavy atom. The highest BCUT2D eigenvalue weighted by molar-refractivity contribution is 6.11. The second-order valence-corrected chi connectivity index (χ2v) is 32.0. The van der Waals surface area contributed by atoms with Gasteiger partial charge in [0.15, 0.2) is 0 Å². The molecule has 12 aromatic heterocycles. The van der Waals surface area contributed by atoms with Gasteiger partial charge in [0.25, 0.3) is 0 Å². The van der Waals surface area contributed by atoms with E-state index in [2.05, 4.69) is 18.8 Å². The Morgan fingerprint density at radius 3 is 0.800 bits per heavy atom. The molecule has 0 aliphatic rings. The average molecular weight is 1720 g/mol. The van der Waals surface area contributed by atoms with Crippen molar-refractivity contribution in [3.63, 3.8) is 0 Å². The zero-order chi connectivity index (χ0) is 90.7. The maximum absolute atomic E-state index is 12.4. The van der Waals surface area contributed by atoms with Crippen molar-refractivity contribution in [2.24, 2.45) is 0 Å². The monoisotopic (exact) mass is 1720 g/mol. The van der Waals surface area contributed by atoms with Crippen LogP contribution in [0.4, 0.5) is 0 Å². The van der Waals surface area contributed by atoms with Gasteiger partial charge in [-0.1, -0.05) is 170 Å². The number of carboxylic acids is 4. The van der Waals surface area contributed by atoms with E-state index in [1.807, 2.05) is 370 Å². The molecule has 4 atom stereocenters. The summed E-state index contributed by atoms with van der Waals surface area (Å²) in [7, 11) is 0. The Morgan fingerprint density at radius 1 is 0.277 bits per heavy atom. The van der Waals surface area contributed by atoms with Crippen LogP contribution >= 0.6 is 0 Å². The molecule has 0 unspecified atom stereocenters. The van der Waals surface area contributed by atoms with Gasteiger partial charge in [-0.05, 0) is 223 Å². The van der Waals surface area contributed by atoms with Crippen LogP contribution in [0.3, 0.4) is 0 Å². The van der Waals surface area contributed by atoms with Crippen molar-refractivity contribution in [3.05, 3.63) is 394 Å². The van der Waals surface area contributed by atoms with Gasteiger partial charge in [0.2, 0.25) is 0 Å². The van der Waals surface area contributed by atoms with E-state index in [1.165, 1.54) is 0 Å². The molecule has 22 nitrogen and oxygen atoms in total. The van der Waals surface area contributed by atoms with E-state index in [4.69, 9.17) is 38.9 Å². The normalized spacial score (nSPS) is 12.2. The Hall–Kier alpha value is -16.6. The molecule has 4 N–H and O–H groups in total. The van der Waals surface area contributed by atoms with E-state index < -0.39 is 23.9 Å². The van der Waals surface area contributed by atoms with Crippen LogP contribution in [0.1, 0.15) is 149 Å². The minimum Gasteiger partial charge on any atom is -0.485 e. The number of ether oxygens (including phenoxy) is 4. The quantitative estimate of drug-likeness (QED) is 0.0552. The van der Waals surface area contributed by atoms with Crippen LogP contribution in [0.25, 0.3) is 111 Å². The third kappa shape index (κ3) is 17.4. The van der Waals surface area contributed by atoms with Crippen LogP contribution in [-0.2, 0) is 0 Å². The van der Waals surface area contributed by atoms with Crippen molar-refractivity contribution in [2.75, 3.05) is 0 Å². The number of aromatic nitrogens is 10. The number of fused-ring (bicyclic) bond motifs is 8. The Balaban J connectivity index is 0.000000121. The van der Waals surface area contributed by atoms with Gasteiger partial charge in [0, 0.05) is 70.7 Å². The molecule has 12 heterocycles. The summed E-state index contributed by atoms with van der Waals surface area (Å²) in [5, 5.41) is 42.4. The van der Waals surface area contributed by atoms with E-state index in [9.17, 15) is 39.6 Å². The third-order valence-electron chi connectivity index (χ3n) is 23.4. The molecule has 22 heteroatoms. The van der Waals surface area contributed by atoms with Crippen LogP contribution in [0.5, 0.6) is 23.0 Å². The largest absolute Gasteiger partial charge is 0.485 e. The standard InChI is InChI=1S/2C28H24N2O3.2C26H21N3O3/c2*1-17-12-13-25(33-19(3)20-9-5-4-6-10-20)26-23(28(31)32)16-24(29-27(17)26)22-15-21-11-7-8-14-30(21)18(22)2;2*1-16-11-12-22(32-17(2)18-8-4-3-5-9-18)24-19(26(30)31)14-20(28-25(16)24)21-15-29-13-7-6-10-23(29)27-21/h2*4-16,19H,1-3H3,(H,31,32);2*3-15,17H,1-2H3,(H,30,31)/t2*19-;2*17-/m1010/s1. The molecule has 0 saturated heterocycles. The third-order valence-corrected chi connectivity index (χ3v) is 23.4. The van der Waals surface area contributed by atoms with Crippen molar-refractivity contribution in [1.82, 2.24) is 47.5 Å². The SMILES string of the molecule is Cc1ccc(O[C@@H](C)c2ccccc2)c2c(C(=O)O)cc(-c3cc4ccccn4c3C)nc12.Cc1ccc(O[C@@H](C)c2ccccc2)c2c(C(=O)O)cc(-c3cn4ccccc4n3)nc12.Cc1ccc(O[C@H](C)c2ccccc2)c2c(C(=O)O)cc(-c3cc4ccccn4c3C)nc12.Cc1ccc(O[C@H](C)c2ccccc2)c2c(C(=O)O)cc(-c3cn4ccccc4n3)nc12. The van der Waals surface area contributed by atoms with Gasteiger partial charge in [-0.3, -0.25) is 0 Å². The average Bonchev–Trinajstić information content (AvgIpc) is 1.47. The highest BCUT2D eigenvalue weighted by Gasteiger charge is 2.28. The van der Waals surface area contributed by atoms with Crippen LogP contribution < -0.4 is 18.9 Å². The number of rotatable bonds is 20. The number of hydrogen-bond acceptors (Lipinski definition) is 14. The van der Waals surface area contributed by atoms with E-state index >= 15 is 0 Å². The fourth-order valence-corrected chi connectivity index (χ4v) is 16.5. The topological polar surface area (TPSA) is 281 Å². The van der Waals surface area contributed by atoms with Crippen molar-refractivity contribution < 1.29 is 58.6 Å². The maximum Gasteiger partial charge on any atom is 0.336 e. The summed E-state index contributed by atoms with van der Waals surface area (Å²) in [4.78, 5) is 78.0. The lowest BCUT2D eigenvalue weighted by atomic mass is 10.0. The molecule has 0 aliphatic carbocycles. The first-order chi connectivity index (χ1) is 62.9. The fraction of sp³-hybridized carbons (Fsp3) is 0.130. The van der Waals surface area contributed by atoms with Crippen LogP contribution in [0.2, 0.25) is 0 Å². The summed E-state index contributed by atoms with van der Waals surface area (Å²) >= 11 is 0. The number of pyridine rings is 8. The summed E-state index contributed by atoms with van der Waals surface area (Å²) in [6.07, 6.45) is 10.5. The first-order valence-corrected chi connectivity index (χ1v) is 42.5. The molecule has 0 bridgehead atoms. The van der Waals surface area contributed by atoms with E-state index in [0.29, 0.717) is 101 Å². The molecule has 0 aliphatic heterocycles. The zero-order valence-electron chi connectivity index (χ0n) is 72.9. The van der Waals surface area contributed by atoms with Crippen LogP contribution in [0.15, 0.2) is 316 Å². The summed E-state index contributed by atoms with van der Waals surface area (Å²) in [6, 6.07) is 88.3. The molecule has 0 spiro atoms. The van der Waals surface area contributed by atoms with E-state index in [1.54, 1.807) is 24.3 Å². The second kappa shape index (κ2) is 36.5. The summed E-state index contributed by atoms with van der Waals surface area (Å²) in [6.45, 7) is 19.6. The highest BCUT2D eigenvalue weighted by Crippen LogP contribution is 2.43. The molecule has 20 aromatic rings. The molecular formula is C108H90N10O12. The molecular weight excluding hydrogens is 1630 g/mol. The smallest absolute Gasteiger partial charge is 0.336 e. The molecule has 0 radical (unpaired) electrons. The van der Waals surface area contributed by atoms with Crippen molar-refractivity contribution in [2.45, 2.75) is 93.7 Å². The lowest BCUT2D eigenvalue weighted by Crippen LogP contribution is -2.07. The molecule has 130 heavy (non-hydrogen) atoms. The Labute approximate surface area is 747 Å².